The molecule has 2 heterocycles. The van der Waals surface area contributed by atoms with E-state index in [9.17, 15) is 38.0 Å². The number of amides is 3. The minimum atomic E-state index is -4.08. The molecule has 21 heteroatoms. The lowest BCUT2D eigenvalue weighted by Gasteiger charge is -2.35. The summed E-state index contributed by atoms with van der Waals surface area (Å²) in [4.78, 5) is 57.1. The highest BCUT2D eigenvalue weighted by Crippen LogP contribution is 2.29. The predicted molar refractivity (Wildman–Crippen MR) is 222 cm³/mol. The van der Waals surface area contributed by atoms with Crippen molar-refractivity contribution in [2.45, 2.75) is 70.2 Å². The number of aryl methyl sites for hydroxylation is 1. The van der Waals surface area contributed by atoms with Gasteiger partial charge < -0.3 is 44.9 Å². The fourth-order valence-electron chi connectivity index (χ4n) is 6.19. The van der Waals surface area contributed by atoms with Crippen molar-refractivity contribution < 1.29 is 51.8 Å². The number of nitrogens with zero attached hydrogens (tertiary/aromatic N) is 3. The summed E-state index contributed by atoms with van der Waals surface area (Å²) in [5.74, 6) is -1.22. The Bertz CT molecular complexity index is 2010. The number of carbonyl (C=O) groups excluding carboxylic acids is 3. The molecule has 4 rings (SSSR count). The number of nitrogens with two attached hydrogens (primary N) is 1. The number of rotatable bonds is 24. The maximum Gasteiger partial charge on any atom is 0.293 e. The summed E-state index contributed by atoms with van der Waals surface area (Å²) in [5.41, 5.74) is 3.69. The van der Waals surface area contributed by atoms with E-state index in [4.69, 9.17) is 24.1 Å². The zero-order valence-corrected chi connectivity index (χ0v) is 35.8. The third-order valence-corrected chi connectivity index (χ3v) is 11.2. The van der Waals surface area contributed by atoms with Gasteiger partial charge in [-0.1, -0.05) is 45.0 Å². The van der Waals surface area contributed by atoms with Gasteiger partial charge in [-0.25, -0.2) is 18.5 Å². The number of ether oxygens (including phenoxy) is 4. The summed E-state index contributed by atoms with van der Waals surface area (Å²) in [5, 5.41) is 35.4. The van der Waals surface area contributed by atoms with E-state index >= 15 is 0 Å². The molecule has 60 heavy (non-hydrogen) atoms. The Morgan fingerprint density at radius 1 is 1.00 bits per heavy atom. The first-order chi connectivity index (χ1) is 28.5. The Morgan fingerprint density at radius 2 is 1.62 bits per heavy atom. The van der Waals surface area contributed by atoms with Gasteiger partial charge in [0.1, 0.15) is 17.8 Å². The molecule has 3 amide bonds. The SMILES string of the molecule is Cc1ncsc1-c1ccc(CNC(=O)[C@@H]2C[C@@H](O)CN2C(=O)[C@@H](NC(=O)CCOCCOCCOCCOCCNc2ccc(S(N)(=O)=O)cc2[N+](=O)[O-])C(C)(C)C)cc1. The first-order valence-corrected chi connectivity index (χ1v) is 21.8. The topological polar surface area (TPSA) is 264 Å². The van der Waals surface area contributed by atoms with E-state index in [0.717, 1.165) is 27.8 Å². The summed E-state index contributed by atoms with van der Waals surface area (Å²) in [6.07, 6.45) is -0.796. The standard InChI is InChI=1S/C39H55N7O12S2/c1-26-35(59-25-43-26)28-7-5-27(6-8-28)23-42-37(49)33-21-29(47)24-45(33)38(50)36(39(2,3)4)44-34(48)11-13-55-15-17-57-19-20-58-18-16-56-14-12-41-31-10-9-30(60(40,53)54)22-32(31)46(51)52/h5-10,22,25,29,33,36,41,47H,11-21,23-24H2,1-4H3,(H,42,49)(H,44,48)(H2,40,53,54)/t29-,33+,36-/m1/s1. The number of benzene rings is 2. The normalized spacial score (nSPS) is 16.1. The van der Waals surface area contributed by atoms with Crippen molar-refractivity contribution in [2.75, 3.05) is 71.3 Å². The molecular formula is C39H55N7O12S2. The van der Waals surface area contributed by atoms with Gasteiger partial charge in [0, 0.05) is 38.5 Å². The highest BCUT2D eigenvalue weighted by atomic mass is 32.2. The average molecular weight is 878 g/mol. The number of β-amino-alcohol motifs (C(OH)–C–C–N with tert-alkyl or cyclic N) is 1. The molecule has 6 N–H and O–H groups in total. The van der Waals surface area contributed by atoms with Gasteiger partial charge in [-0.05, 0) is 35.6 Å². The highest BCUT2D eigenvalue weighted by molar-refractivity contribution is 7.89. The third kappa shape index (κ3) is 14.8. The number of hydrogen-bond acceptors (Lipinski definition) is 15. The first-order valence-electron chi connectivity index (χ1n) is 19.4. The minimum absolute atomic E-state index is 0.00578. The van der Waals surface area contributed by atoms with Gasteiger partial charge in [0.25, 0.3) is 5.69 Å². The molecule has 3 aromatic rings. The molecule has 1 saturated heterocycles. The molecule has 2 aromatic carbocycles. The highest BCUT2D eigenvalue weighted by Gasteiger charge is 2.44. The Kier molecular flexibility index (Phi) is 18.3. The summed E-state index contributed by atoms with van der Waals surface area (Å²) in [7, 11) is -4.08. The maximum absolute atomic E-state index is 13.9. The van der Waals surface area contributed by atoms with Gasteiger partial charge in [0.2, 0.25) is 27.7 Å². The summed E-state index contributed by atoms with van der Waals surface area (Å²) in [6, 6.07) is 9.31. The molecule has 0 unspecified atom stereocenters. The van der Waals surface area contributed by atoms with E-state index in [2.05, 4.69) is 20.9 Å². The van der Waals surface area contributed by atoms with Crippen LogP contribution < -0.4 is 21.1 Å². The van der Waals surface area contributed by atoms with Crippen LogP contribution in [0, 0.1) is 22.5 Å². The number of thiazole rings is 1. The Labute approximate surface area is 353 Å². The lowest BCUT2D eigenvalue weighted by atomic mass is 9.85. The summed E-state index contributed by atoms with van der Waals surface area (Å²) < 4.78 is 44.9. The van der Waals surface area contributed by atoms with Crippen molar-refractivity contribution in [3.8, 4) is 10.4 Å². The lowest BCUT2D eigenvalue weighted by molar-refractivity contribution is -0.384. The largest absolute Gasteiger partial charge is 0.391 e. The van der Waals surface area contributed by atoms with E-state index in [1.165, 1.54) is 17.0 Å². The molecule has 330 valence electrons. The molecule has 0 aliphatic carbocycles. The number of anilines is 1. The number of aliphatic hydroxyl groups is 1. The number of likely N-dealkylation sites (tertiary alicyclic amines) is 1. The fraction of sp³-hybridized carbons (Fsp3) is 0.538. The van der Waals surface area contributed by atoms with Crippen LogP contribution in [0.2, 0.25) is 0 Å². The number of aliphatic hydroxyl groups excluding tert-OH is 1. The molecule has 0 radical (unpaired) electrons. The van der Waals surface area contributed by atoms with Crippen LogP contribution in [0.5, 0.6) is 0 Å². The first kappa shape index (κ1) is 48.1. The second-order valence-electron chi connectivity index (χ2n) is 15.1. The number of nitro benzene ring substituents is 1. The number of aromatic nitrogens is 1. The lowest BCUT2D eigenvalue weighted by Crippen LogP contribution is -2.57. The smallest absolute Gasteiger partial charge is 0.293 e. The van der Waals surface area contributed by atoms with Gasteiger partial charge in [0.05, 0.1) is 84.9 Å². The van der Waals surface area contributed by atoms with Crippen LogP contribution in [0.4, 0.5) is 11.4 Å². The molecule has 1 aromatic heterocycles. The second kappa shape index (κ2) is 22.8. The van der Waals surface area contributed by atoms with Crippen LogP contribution in [0.25, 0.3) is 10.4 Å². The van der Waals surface area contributed by atoms with E-state index < -0.39 is 56.1 Å². The molecule has 19 nitrogen and oxygen atoms in total. The zero-order chi connectivity index (χ0) is 43.9. The van der Waals surface area contributed by atoms with Crippen molar-refractivity contribution in [3.05, 3.63) is 69.3 Å². The Morgan fingerprint density at radius 3 is 2.18 bits per heavy atom. The van der Waals surface area contributed by atoms with Gasteiger partial charge >= 0.3 is 0 Å². The Balaban J connectivity index is 1.07. The molecule has 3 atom stereocenters. The van der Waals surface area contributed by atoms with Crippen LogP contribution in [-0.2, 0) is 49.9 Å². The van der Waals surface area contributed by atoms with Crippen molar-refractivity contribution in [2.24, 2.45) is 10.6 Å². The predicted octanol–water partition coefficient (Wildman–Crippen LogP) is 2.35. The van der Waals surface area contributed by atoms with Crippen LogP contribution in [0.1, 0.15) is 44.9 Å². The van der Waals surface area contributed by atoms with E-state index in [-0.39, 0.29) is 88.6 Å². The van der Waals surface area contributed by atoms with Gasteiger partial charge in [0.15, 0.2) is 0 Å². The quantitative estimate of drug-likeness (QED) is 0.0492. The molecule has 0 saturated carbocycles. The van der Waals surface area contributed by atoms with E-state index in [1.54, 1.807) is 16.8 Å². The zero-order valence-electron chi connectivity index (χ0n) is 34.2. The monoisotopic (exact) mass is 877 g/mol. The maximum atomic E-state index is 13.9. The Hall–Kier alpha value is -4.61. The number of nitro groups is 1. The van der Waals surface area contributed by atoms with Gasteiger partial charge in [-0.15, -0.1) is 11.3 Å². The van der Waals surface area contributed by atoms with Crippen molar-refractivity contribution >= 4 is 50.5 Å². The second-order valence-corrected chi connectivity index (χ2v) is 17.5. The number of nitrogens with one attached hydrogen (secondary N) is 3. The van der Waals surface area contributed by atoms with Crippen LogP contribution in [-0.4, -0.2) is 130 Å². The molecule has 0 bridgehead atoms. The van der Waals surface area contributed by atoms with Crippen LogP contribution >= 0.6 is 11.3 Å². The molecule has 1 aliphatic rings. The number of hydrogen-bond donors (Lipinski definition) is 5. The van der Waals surface area contributed by atoms with Crippen molar-refractivity contribution in [3.63, 3.8) is 0 Å². The molecular weight excluding hydrogens is 823 g/mol. The third-order valence-electron chi connectivity index (χ3n) is 9.36. The fourth-order valence-corrected chi connectivity index (χ4v) is 7.53. The summed E-state index contributed by atoms with van der Waals surface area (Å²) in [6.45, 7) is 9.81. The summed E-state index contributed by atoms with van der Waals surface area (Å²) >= 11 is 1.56. The number of carbonyl (C=O) groups is 3. The van der Waals surface area contributed by atoms with Gasteiger partial charge in [-0.3, -0.25) is 24.5 Å². The molecule has 1 aliphatic heterocycles. The molecule has 1 fully saturated rings. The van der Waals surface area contributed by atoms with Crippen molar-refractivity contribution in [1.82, 2.24) is 20.5 Å². The van der Waals surface area contributed by atoms with Crippen LogP contribution in [0.3, 0.4) is 0 Å². The number of sulfonamides is 1. The number of primary sulfonamides is 1. The molecule has 0 spiro atoms. The average Bonchev–Trinajstić information content (AvgIpc) is 3.81. The van der Waals surface area contributed by atoms with E-state index in [0.29, 0.717) is 13.2 Å². The minimum Gasteiger partial charge on any atom is -0.391 e. The van der Waals surface area contributed by atoms with Crippen molar-refractivity contribution in [1.29, 1.82) is 0 Å². The van der Waals surface area contributed by atoms with Crippen LogP contribution in [0.15, 0.2) is 52.9 Å². The van der Waals surface area contributed by atoms with E-state index in [1.807, 2.05) is 52.0 Å². The van der Waals surface area contributed by atoms with Gasteiger partial charge in [-0.2, -0.15) is 0 Å².